The Kier molecular flexibility index (Phi) is 6.70. The van der Waals surface area contributed by atoms with Crippen molar-refractivity contribution in [2.24, 2.45) is 0 Å². The molecule has 34 heavy (non-hydrogen) atoms. The minimum absolute atomic E-state index is 0.310. The Morgan fingerprint density at radius 1 is 1.00 bits per heavy atom. The van der Waals surface area contributed by atoms with Crippen molar-refractivity contribution in [3.8, 4) is 16.9 Å². The Labute approximate surface area is 201 Å². The molecule has 4 rings (SSSR count). The molecule has 3 aromatic carbocycles. The topological polar surface area (TPSA) is 77.8 Å². The van der Waals surface area contributed by atoms with Gasteiger partial charge in [0.25, 0.3) is 0 Å². The average molecular weight is 476 g/mol. The van der Waals surface area contributed by atoms with E-state index >= 15 is 0 Å². The quantitative estimate of drug-likeness (QED) is 0.251. The van der Waals surface area contributed by atoms with Crippen molar-refractivity contribution in [1.82, 2.24) is 0 Å². The van der Waals surface area contributed by atoms with E-state index in [4.69, 9.17) is 20.8 Å². The number of benzene rings is 3. The molecule has 0 fully saturated rings. The lowest BCUT2D eigenvalue weighted by atomic mass is 9.99. The summed E-state index contributed by atoms with van der Waals surface area (Å²) in [6.45, 7) is 1.84. The normalized spacial score (nSPS) is 11.4. The summed E-state index contributed by atoms with van der Waals surface area (Å²) in [6, 6.07) is 17.7. The molecule has 6 nitrogen and oxygen atoms in total. The first-order valence-corrected chi connectivity index (χ1v) is 10.8. The van der Waals surface area contributed by atoms with E-state index in [0.717, 1.165) is 22.1 Å². The molecule has 0 aliphatic rings. The lowest BCUT2D eigenvalue weighted by Gasteiger charge is -2.10. The van der Waals surface area contributed by atoms with Gasteiger partial charge in [0.1, 0.15) is 11.3 Å². The van der Waals surface area contributed by atoms with Gasteiger partial charge in [-0.05, 0) is 60.5 Å². The zero-order valence-corrected chi connectivity index (χ0v) is 19.6. The highest BCUT2D eigenvalue weighted by Gasteiger charge is 2.15. The number of carbonyl (C=O) groups excluding carboxylic acids is 2. The standard InChI is InChI=1S/C27H22ClNO5/c1-16(12-26(30)29-20-10-6-18(7-11-20)27(31)33-3)21-13-22-23(17-4-8-19(28)9-5-17)15-34-25(22)14-24(21)32-2/h4-15H,1-3H3,(H,29,30)/b16-12+. The fraction of sp³-hybridized carbons (Fsp3) is 0.111. The Morgan fingerprint density at radius 3 is 2.35 bits per heavy atom. The largest absolute Gasteiger partial charge is 0.496 e. The summed E-state index contributed by atoms with van der Waals surface area (Å²) in [6.07, 6.45) is 3.20. The summed E-state index contributed by atoms with van der Waals surface area (Å²) in [5.41, 5.74) is 5.00. The lowest BCUT2D eigenvalue weighted by molar-refractivity contribution is -0.111. The maximum absolute atomic E-state index is 12.7. The molecule has 1 heterocycles. The summed E-state index contributed by atoms with van der Waals surface area (Å²) >= 11 is 6.03. The maximum Gasteiger partial charge on any atom is 0.337 e. The molecule has 172 valence electrons. The number of amides is 1. The number of hydrogen-bond donors (Lipinski definition) is 1. The summed E-state index contributed by atoms with van der Waals surface area (Å²) in [5, 5.41) is 4.35. The van der Waals surface area contributed by atoms with Gasteiger partial charge >= 0.3 is 5.97 Å². The van der Waals surface area contributed by atoms with Gasteiger partial charge in [-0.15, -0.1) is 0 Å². The molecule has 0 bridgehead atoms. The van der Waals surface area contributed by atoms with Crippen LogP contribution in [0, 0.1) is 0 Å². The molecular weight excluding hydrogens is 454 g/mol. The van der Waals surface area contributed by atoms with Gasteiger partial charge in [-0.3, -0.25) is 4.79 Å². The van der Waals surface area contributed by atoms with Crippen LogP contribution in [0.5, 0.6) is 5.75 Å². The summed E-state index contributed by atoms with van der Waals surface area (Å²) in [4.78, 5) is 24.2. The Balaban J connectivity index is 1.63. The van der Waals surface area contributed by atoms with Crippen LogP contribution in [0.4, 0.5) is 5.69 Å². The zero-order chi connectivity index (χ0) is 24.2. The second kappa shape index (κ2) is 9.85. The number of allylic oxidation sites excluding steroid dienone is 1. The average Bonchev–Trinajstić information content (AvgIpc) is 3.26. The van der Waals surface area contributed by atoms with Crippen molar-refractivity contribution in [3.05, 3.63) is 89.2 Å². The molecule has 7 heteroatoms. The van der Waals surface area contributed by atoms with Crippen molar-refractivity contribution in [3.63, 3.8) is 0 Å². The Morgan fingerprint density at radius 2 is 1.71 bits per heavy atom. The van der Waals surface area contributed by atoms with Gasteiger partial charge in [-0.1, -0.05) is 23.7 Å². The summed E-state index contributed by atoms with van der Waals surface area (Å²) in [5.74, 6) is -0.155. The molecule has 0 atom stereocenters. The van der Waals surface area contributed by atoms with Crippen molar-refractivity contribution >= 4 is 45.7 Å². The number of ether oxygens (including phenoxy) is 2. The molecule has 0 aliphatic carbocycles. The fourth-order valence-corrected chi connectivity index (χ4v) is 3.77. The van der Waals surface area contributed by atoms with Gasteiger partial charge in [-0.2, -0.15) is 0 Å². The van der Waals surface area contributed by atoms with Gasteiger partial charge < -0.3 is 19.2 Å². The molecule has 4 aromatic rings. The van der Waals surface area contributed by atoms with Gasteiger partial charge in [-0.25, -0.2) is 4.79 Å². The molecule has 1 N–H and O–H groups in total. The van der Waals surface area contributed by atoms with Crippen molar-refractivity contribution in [2.75, 3.05) is 19.5 Å². The van der Waals surface area contributed by atoms with Crippen LogP contribution in [-0.4, -0.2) is 26.1 Å². The van der Waals surface area contributed by atoms with Crippen LogP contribution in [0.2, 0.25) is 5.02 Å². The lowest BCUT2D eigenvalue weighted by Crippen LogP contribution is -2.09. The van der Waals surface area contributed by atoms with E-state index in [9.17, 15) is 9.59 Å². The van der Waals surface area contributed by atoms with Crippen LogP contribution in [0.15, 0.2) is 77.4 Å². The van der Waals surface area contributed by atoms with E-state index in [1.807, 2.05) is 43.3 Å². The second-order valence-electron chi connectivity index (χ2n) is 7.59. The van der Waals surface area contributed by atoms with E-state index < -0.39 is 5.97 Å². The predicted octanol–water partition coefficient (Wildman–Crippen LogP) is 6.59. The molecule has 0 radical (unpaired) electrons. The van der Waals surface area contributed by atoms with Crippen LogP contribution in [0.1, 0.15) is 22.8 Å². The molecule has 0 saturated heterocycles. The fourth-order valence-electron chi connectivity index (χ4n) is 3.65. The molecule has 1 amide bonds. The minimum atomic E-state index is -0.437. The van der Waals surface area contributed by atoms with Gasteiger partial charge in [0.2, 0.25) is 5.91 Å². The molecule has 0 aliphatic heterocycles. The van der Waals surface area contributed by atoms with Crippen LogP contribution in [0.3, 0.4) is 0 Å². The third-order valence-corrected chi connectivity index (χ3v) is 5.65. The van der Waals surface area contributed by atoms with Crippen LogP contribution in [-0.2, 0) is 9.53 Å². The molecule has 0 spiro atoms. The minimum Gasteiger partial charge on any atom is -0.496 e. The highest BCUT2D eigenvalue weighted by molar-refractivity contribution is 6.30. The third kappa shape index (κ3) is 4.82. The van der Waals surface area contributed by atoms with Crippen molar-refractivity contribution in [2.45, 2.75) is 6.92 Å². The number of rotatable bonds is 6. The Bertz CT molecular complexity index is 1390. The molecule has 1 aromatic heterocycles. The van der Waals surface area contributed by atoms with Gasteiger partial charge in [0.05, 0.1) is 26.0 Å². The first kappa shape index (κ1) is 23.1. The number of nitrogens with one attached hydrogen (secondary N) is 1. The molecular formula is C27H22ClNO5. The van der Waals surface area contributed by atoms with Gasteiger partial charge in [0, 0.05) is 39.4 Å². The van der Waals surface area contributed by atoms with Crippen molar-refractivity contribution in [1.29, 1.82) is 0 Å². The number of carbonyl (C=O) groups is 2. The van der Waals surface area contributed by atoms with Crippen LogP contribution >= 0.6 is 11.6 Å². The zero-order valence-electron chi connectivity index (χ0n) is 18.8. The van der Waals surface area contributed by atoms with Gasteiger partial charge in [0.15, 0.2) is 0 Å². The number of methoxy groups -OCH3 is 2. The van der Waals surface area contributed by atoms with E-state index in [1.165, 1.54) is 13.2 Å². The summed E-state index contributed by atoms with van der Waals surface area (Å²) in [7, 11) is 2.89. The first-order chi connectivity index (χ1) is 16.4. The number of anilines is 1. The monoisotopic (exact) mass is 475 g/mol. The highest BCUT2D eigenvalue weighted by Crippen LogP contribution is 2.37. The van der Waals surface area contributed by atoms with E-state index in [2.05, 4.69) is 10.1 Å². The van der Waals surface area contributed by atoms with E-state index in [-0.39, 0.29) is 5.91 Å². The Hall–Kier alpha value is -4.03. The molecule has 0 unspecified atom stereocenters. The number of fused-ring (bicyclic) bond motifs is 1. The number of esters is 1. The first-order valence-electron chi connectivity index (χ1n) is 10.4. The predicted molar refractivity (Wildman–Crippen MR) is 133 cm³/mol. The highest BCUT2D eigenvalue weighted by atomic mass is 35.5. The second-order valence-corrected chi connectivity index (χ2v) is 8.03. The van der Waals surface area contributed by atoms with E-state index in [1.54, 1.807) is 37.6 Å². The smallest absolute Gasteiger partial charge is 0.337 e. The number of furan rings is 1. The SMILES string of the molecule is COC(=O)c1ccc(NC(=O)/C=C(\C)c2cc3c(-c4ccc(Cl)cc4)coc3cc2OC)cc1. The van der Waals surface area contributed by atoms with Crippen LogP contribution in [0.25, 0.3) is 27.7 Å². The van der Waals surface area contributed by atoms with Crippen molar-refractivity contribution < 1.29 is 23.5 Å². The number of halogens is 1. The molecule has 0 saturated carbocycles. The summed E-state index contributed by atoms with van der Waals surface area (Å²) < 4.78 is 16.0. The maximum atomic E-state index is 12.7. The number of hydrogen-bond acceptors (Lipinski definition) is 5. The van der Waals surface area contributed by atoms with E-state index in [0.29, 0.717) is 33.2 Å². The third-order valence-electron chi connectivity index (χ3n) is 5.40. The van der Waals surface area contributed by atoms with Crippen LogP contribution < -0.4 is 10.1 Å².